The lowest BCUT2D eigenvalue weighted by molar-refractivity contribution is -0.119. The van der Waals surface area contributed by atoms with E-state index in [1.54, 1.807) is 30.3 Å². The first kappa shape index (κ1) is 18.4. The Morgan fingerprint density at radius 1 is 1.04 bits per heavy atom. The number of urea groups is 1. The highest BCUT2D eigenvalue weighted by atomic mass is 35.5. The van der Waals surface area contributed by atoms with Gasteiger partial charge in [0.25, 0.3) is 15.9 Å². The molecule has 1 aromatic heterocycles. The van der Waals surface area contributed by atoms with Gasteiger partial charge in [-0.25, -0.2) is 18.1 Å². The lowest BCUT2D eigenvalue weighted by Crippen LogP contribution is -2.43. The molecule has 10 heteroatoms. The molecule has 4 rings (SSSR count). The van der Waals surface area contributed by atoms with E-state index in [9.17, 15) is 18.0 Å². The Labute approximate surface area is 165 Å². The van der Waals surface area contributed by atoms with Gasteiger partial charge in [0.15, 0.2) is 0 Å². The zero-order chi connectivity index (χ0) is 19.2. The number of benzene rings is 1. The lowest BCUT2D eigenvalue weighted by Gasteiger charge is -2.22. The molecule has 3 heterocycles. The van der Waals surface area contributed by atoms with Gasteiger partial charge < -0.3 is 4.90 Å². The largest absolute Gasteiger partial charge is 0.332 e. The maximum atomic E-state index is 12.9. The second-order valence-corrected chi connectivity index (χ2v) is 10.2. The molecule has 2 aromatic rings. The number of hydrogen-bond acceptors (Lipinski definition) is 5. The minimum absolute atomic E-state index is 0.0637. The van der Waals surface area contributed by atoms with Gasteiger partial charge in [-0.05, 0) is 30.7 Å². The molecule has 0 bridgehead atoms. The summed E-state index contributed by atoms with van der Waals surface area (Å²) in [5, 5.41) is 0. The molecular formula is C17H16ClN3O4S2. The Balaban J connectivity index is 1.64. The van der Waals surface area contributed by atoms with Crippen molar-refractivity contribution in [1.29, 1.82) is 0 Å². The predicted molar refractivity (Wildman–Crippen MR) is 103 cm³/mol. The van der Waals surface area contributed by atoms with Crippen molar-refractivity contribution in [2.45, 2.75) is 16.7 Å². The molecule has 1 atom stereocenters. The van der Waals surface area contributed by atoms with Crippen LogP contribution in [0.5, 0.6) is 0 Å². The van der Waals surface area contributed by atoms with Crippen LogP contribution in [0.15, 0.2) is 46.7 Å². The van der Waals surface area contributed by atoms with Gasteiger partial charge in [0.2, 0.25) is 0 Å². The fourth-order valence-corrected chi connectivity index (χ4v) is 6.49. The number of halogens is 1. The maximum Gasteiger partial charge on any atom is 0.332 e. The summed E-state index contributed by atoms with van der Waals surface area (Å²) in [5.74, 6) is -0.405. The molecule has 1 unspecified atom stereocenters. The molecule has 0 saturated carbocycles. The Kier molecular flexibility index (Phi) is 4.71. The third kappa shape index (κ3) is 3.14. The summed E-state index contributed by atoms with van der Waals surface area (Å²) in [7, 11) is -3.77. The Morgan fingerprint density at radius 2 is 1.78 bits per heavy atom. The number of thiophene rings is 1. The van der Waals surface area contributed by atoms with Gasteiger partial charge in [0.05, 0.1) is 10.0 Å². The van der Waals surface area contributed by atoms with Gasteiger partial charge in [-0.2, -0.15) is 4.31 Å². The molecule has 0 aliphatic carbocycles. The third-order valence-electron chi connectivity index (χ3n) is 4.66. The van der Waals surface area contributed by atoms with Crippen LogP contribution in [-0.2, 0) is 14.8 Å². The molecule has 1 aromatic carbocycles. The van der Waals surface area contributed by atoms with Gasteiger partial charge in [-0.15, -0.1) is 11.3 Å². The summed E-state index contributed by atoms with van der Waals surface area (Å²) < 4.78 is 27.7. The number of nitrogens with zero attached hydrogens (tertiary/aromatic N) is 3. The number of para-hydroxylation sites is 1. The van der Waals surface area contributed by atoms with E-state index in [2.05, 4.69) is 0 Å². The molecule has 2 saturated heterocycles. The number of rotatable bonds is 3. The fourth-order valence-electron chi connectivity index (χ4n) is 3.36. The van der Waals surface area contributed by atoms with Gasteiger partial charge >= 0.3 is 6.03 Å². The summed E-state index contributed by atoms with van der Waals surface area (Å²) in [6.07, 6.45) is 0.455. The van der Waals surface area contributed by atoms with Gasteiger partial charge in [0, 0.05) is 19.6 Å². The fraction of sp³-hybridized carbons (Fsp3) is 0.294. The van der Waals surface area contributed by atoms with Crippen molar-refractivity contribution in [2.24, 2.45) is 0 Å². The van der Waals surface area contributed by atoms with Crippen LogP contribution in [0.1, 0.15) is 6.42 Å². The van der Waals surface area contributed by atoms with Crippen LogP contribution in [0.2, 0.25) is 4.34 Å². The minimum atomic E-state index is -3.77. The van der Waals surface area contributed by atoms with Crippen LogP contribution in [0.3, 0.4) is 0 Å². The standard InChI is InChI=1S/C17H16ClN3O4S2/c18-14-7-8-15(26-14)27(24,25)19-9-4-10-20-13(11-19)16(22)21(17(20)23)12-5-2-1-3-6-12/h1-3,5-8,13H,4,9-11H2. The molecular weight excluding hydrogens is 410 g/mol. The zero-order valence-corrected chi connectivity index (χ0v) is 16.5. The Hall–Kier alpha value is -1.94. The van der Waals surface area contributed by atoms with Crippen molar-refractivity contribution in [3.05, 3.63) is 46.8 Å². The number of carbonyl (C=O) groups is 2. The van der Waals surface area contributed by atoms with Crippen LogP contribution in [-0.4, -0.2) is 55.2 Å². The van der Waals surface area contributed by atoms with Crippen LogP contribution in [0.4, 0.5) is 10.5 Å². The van der Waals surface area contributed by atoms with E-state index < -0.39 is 28.0 Å². The van der Waals surface area contributed by atoms with Crippen molar-refractivity contribution in [2.75, 3.05) is 24.5 Å². The van der Waals surface area contributed by atoms with E-state index in [1.165, 1.54) is 21.3 Å². The Morgan fingerprint density at radius 3 is 2.44 bits per heavy atom. The first-order chi connectivity index (χ1) is 12.9. The number of imide groups is 1. The van der Waals surface area contributed by atoms with Crippen molar-refractivity contribution >= 4 is 50.6 Å². The van der Waals surface area contributed by atoms with E-state index in [0.29, 0.717) is 23.0 Å². The second kappa shape index (κ2) is 6.90. The van der Waals surface area contributed by atoms with Crippen molar-refractivity contribution in [3.63, 3.8) is 0 Å². The smallest absolute Gasteiger partial charge is 0.311 e. The third-order valence-corrected chi connectivity index (χ3v) is 8.22. The van der Waals surface area contributed by atoms with E-state index in [-0.39, 0.29) is 17.3 Å². The molecule has 2 aliphatic rings. The van der Waals surface area contributed by atoms with Crippen LogP contribution >= 0.6 is 22.9 Å². The summed E-state index contributed by atoms with van der Waals surface area (Å²) in [6.45, 7) is 0.512. The summed E-state index contributed by atoms with van der Waals surface area (Å²) >= 11 is 6.86. The van der Waals surface area contributed by atoms with Crippen molar-refractivity contribution in [3.8, 4) is 0 Å². The molecule has 0 radical (unpaired) electrons. The Bertz CT molecular complexity index is 993. The molecule has 2 aliphatic heterocycles. The lowest BCUT2D eigenvalue weighted by atomic mass is 10.2. The van der Waals surface area contributed by atoms with Crippen LogP contribution in [0, 0.1) is 0 Å². The molecule has 0 N–H and O–H groups in total. The van der Waals surface area contributed by atoms with E-state index in [0.717, 1.165) is 16.2 Å². The highest BCUT2D eigenvalue weighted by Gasteiger charge is 2.48. The number of amides is 3. The highest BCUT2D eigenvalue weighted by Crippen LogP contribution is 2.32. The maximum absolute atomic E-state index is 12.9. The summed E-state index contributed by atoms with van der Waals surface area (Å²) in [6, 6.07) is 10.4. The number of sulfonamides is 1. The average molecular weight is 426 g/mol. The molecule has 27 heavy (non-hydrogen) atoms. The normalized spacial score (nSPS) is 21.4. The first-order valence-corrected chi connectivity index (χ1v) is 11.0. The average Bonchev–Trinajstić information content (AvgIpc) is 3.08. The SMILES string of the molecule is O=C1C2CN(S(=O)(=O)c3ccc(Cl)s3)CCCN2C(=O)N1c1ccccc1. The summed E-state index contributed by atoms with van der Waals surface area (Å²) in [5.41, 5.74) is 0.486. The molecule has 142 valence electrons. The number of carbonyl (C=O) groups excluding carboxylic acids is 2. The highest BCUT2D eigenvalue weighted by molar-refractivity contribution is 7.91. The number of fused-ring (bicyclic) bond motifs is 1. The quantitative estimate of drug-likeness (QED) is 0.708. The van der Waals surface area contributed by atoms with Crippen LogP contribution < -0.4 is 4.90 Å². The number of anilines is 1. The number of hydrogen-bond donors (Lipinski definition) is 0. The van der Waals surface area contributed by atoms with Gasteiger partial charge in [0.1, 0.15) is 10.3 Å². The van der Waals surface area contributed by atoms with E-state index in [4.69, 9.17) is 11.6 Å². The van der Waals surface area contributed by atoms with Crippen molar-refractivity contribution < 1.29 is 18.0 Å². The second-order valence-electron chi connectivity index (χ2n) is 6.28. The minimum Gasteiger partial charge on any atom is -0.311 e. The zero-order valence-electron chi connectivity index (χ0n) is 14.1. The molecule has 3 amide bonds. The van der Waals surface area contributed by atoms with Crippen molar-refractivity contribution in [1.82, 2.24) is 9.21 Å². The van der Waals surface area contributed by atoms with E-state index in [1.807, 2.05) is 0 Å². The van der Waals surface area contributed by atoms with Gasteiger partial charge in [-0.3, -0.25) is 4.79 Å². The summed E-state index contributed by atoms with van der Waals surface area (Å²) in [4.78, 5) is 28.3. The monoisotopic (exact) mass is 425 g/mol. The molecule has 7 nitrogen and oxygen atoms in total. The van der Waals surface area contributed by atoms with Gasteiger partial charge in [-0.1, -0.05) is 29.8 Å². The predicted octanol–water partition coefficient (Wildman–Crippen LogP) is 2.63. The van der Waals surface area contributed by atoms with E-state index >= 15 is 0 Å². The molecule has 2 fully saturated rings. The molecule has 0 spiro atoms. The first-order valence-electron chi connectivity index (χ1n) is 8.35. The van der Waals surface area contributed by atoms with Crippen LogP contribution in [0.25, 0.3) is 0 Å². The topological polar surface area (TPSA) is 78.0 Å².